The fourth-order valence-electron chi connectivity index (χ4n) is 2.97. The summed E-state index contributed by atoms with van der Waals surface area (Å²) in [5.41, 5.74) is 5.10. The molecule has 3 heterocycles. The Morgan fingerprint density at radius 3 is 2.78 bits per heavy atom. The number of carbonyl (C=O) groups is 1. The van der Waals surface area contributed by atoms with E-state index in [9.17, 15) is 18.0 Å². The van der Waals surface area contributed by atoms with Crippen LogP contribution < -0.4 is 5.73 Å². The van der Waals surface area contributed by atoms with E-state index >= 15 is 0 Å². The number of nitrogens with zero attached hydrogens (tertiary/aromatic N) is 2. The molecular weight excluding hydrogens is 307 g/mol. The van der Waals surface area contributed by atoms with Gasteiger partial charge in [-0.3, -0.25) is 9.78 Å². The summed E-state index contributed by atoms with van der Waals surface area (Å²) in [5, 5.41) is 0. The minimum absolute atomic E-state index is 0.0428. The van der Waals surface area contributed by atoms with Crippen LogP contribution in [-0.4, -0.2) is 15.5 Å². The lowest BCUT2D eigenvalue weighted by Gasteiger charge is -2.15. The highest BCUT2D eigenvalue weighted by Gasteiger charge is 2.41. The molecule has 1 aliphatic rings. The van der Waals surface area contributed by atoms with Crippen LogP contribution in [0.3, 0.4) is 0 Å². The fraction of sp³-hybridized carbons (Fsp3) is 0.250. The highest BCUT2D eigenvalue weighted by Crippen LogP contribution is 2.44. The molecule has 2 N–H and O–H groups in total. The van der Waals surface area contributed by atoms with Gasteiger partial charge in [-0.1, -0.05) is 6.08 Å². The van der Waals surface area contributed by atoms with E-state index in [-0.39, 0.29) is 11.3 Å². The molecule has 0 aliphatic carbocycles. The Morgan fingerprint density at radius 2 is 2.17 bits per heavy atom. The lowest BCUT2D eigenvalue weighted by Crippen LogP contribution is -2.17. The number of pyridine rings is 1. The van der Waals surface area contributed by atoms with Gasteiger partial charge in [0.2, 0.25) is 5.91 Å². The quantitative estimate of drug-likeness (QED) is 0.944. The van der Waals surface area contributed by atoms with Gasteiger partial charge in [0, 0.05) is 30.2 Å². The van der Waals surface area contributed by atoms with E-state index in [4.69, 9.17) is 5.73 Å². The third kappa shape index (κ3) is 2.74. The molecule has 0 bridgehead atoms. The average Bonchev–Trinajstić information content (AvgIpc) is 2.82. The average molecular weight is 321 g/mol. The maximum atomic E-state index is 13.7. The molecule has 23 heavy (non-hydrogen) atoms. The summed E-state index contributed by atoms with van der Waals surface area (Å²) >= 11 is 0. The number of nitrogens with two attached hydrogens (primary N) is 1. The third-order valence-corrected chi connectivity index (χ3v) is 3.77. The second kappa shape index (κ2) is 5.57. The van der Waals surface area contributed by atoms with E-state index in [0.29, 0.717) is 24.2 Å². The van der Waals surface area contributed by atoms with Gasteiger partial charge in [0.25, 0.3) is 0 Å². The minimum atomic E-state index is -4.59. The number of allylic oxidation sites excluding steroid dienone is 1. The van der Waals surface area contributed by atoms with Crippen LogP contribution in [0.25, 0.3) is 17.3 Å². The van der Waals surface area contributed by atoms with Crippen molar-refractivity contribution in [1.82, 2.24) is 9.55 Å². The van der Waals surface area contributed by atoms with Crippen LogP contribution in [0.15, 0.2) is 30.6 Å². The van der Waals surface area contributed by atoms with Crippen molar-refractivity contribution in [3.63, 3.8) is 0 Å². The molecule has 2 aromatic heterocycles. The molecule has 0 spiro atoms. The molecule has 120 valence electrons. The summed E-state index contributed by atoms with van der Waals surface area (Å²) in [4.78, 5) is 15.2. The number of carbonyl (C=O) groups excluding carboxylic acids is 1. The zero-order chi connectivity index (χ0) is 16.6. The molecule has 0 fully saturated rings. The molecule has 0 saturated heterocycles. The Hall–Kier alpha value is -2.57. The van der Waals surface area contributed by atoms with Crippen molar-refractivity contribution in [3.8, 4) is 11.3 Å². The summed E-state index contributed by atoms with van der Waals surface area (Å²) in [7, 11) is 0. The van der Waals surface area contributed by atoms with Crippen LogP contribution in [0.5, 0.6) is 0 Å². The van der Waals surface area contributed by atoms with Gasteiger partial charge in [-0.2, -0.15) is 13.2 Å². The number of aromatic nitrogens is 2. The van der Waals surface area contributed by atoms with Gasteiger partial charge < -0.3 is 10.3 Å². The summed E-state index contributed by atoms with van der Waals surface area (Å²) in [6, 6.07) is 3.17. The number of halogens is 3. The lowest BCUT2D eigenvalue weighted by atomic mass is 10.0. The molecule has 3 rings (SSSR count). The first-order valence-electron chi connectivity index (χ1n) is 7.07. The molecule has 4 nitrogen and oxygen atoms in total. The predicted molar refractivity (Wildman–Crippen MR) is 79.2 cm³/mol. The monoisotopic (exact) mass is 321 g/mol. The van der Waals surface area contributed by atoms with Gasteiger partial charge >= 0.3 is 6.18 Å². The van der Waals surface area contributed by atoms with E-state index in [1.807, 2.05) is 0 Å². The first-order valence-corrected chi connectivity index (χ1v) is 7.07. The van der Waals surface area contributed by atoms with Crippen molar-refractivity contribution in [2.45, 2.75) is 25.6 Å². The first kappa shape index (κ1) is 15.3. The Kier molecular flexibility index (Phi) is 3.71. The van der Waals surface area contributed by atoms with Crippen LogP contribution in [0.1, 0.15) is 23.2 Å². The maximum Gasteiger partial charge on any atom is 0.418 e. The Morgan fingerprint density at radius 1 is 1.39 bits per heavy atom. The highest BCUT2D eigenvalue weighted by molar-refractivity contribution is 5.82. The molecule has 0 saturated carbocycles. The van der Waals surface area contributed by atoms with Gasteiger partial charge in [0.1, 0.15) is 0 Å². The maximum absolute atomic E-state index is 13.7. The molecule has 7 heteroatoms. The molecule has 2 aromatic rings. The summed E-state index contributed by atoms with van der Waals surface area (Å²) < 4.78 is 42.8. The predicted octanol–water partition coefficient (Wildman–Crippen LogP) is 3.01. The van der Waals surface area contributed by atoms with Gasteiger partial charge in [-0.25, -0.2) is 0 Å². The normalized spacial score (nSPS) is 13.9. The summed E-state index contributed by atoms with van der Waals surface area (Å²) in [6.07, 6.45) is 1.90. The van der Waals surface area contributed by atoms with E-state index in [2.05, 4.69) is 4.98 Å². The van der Waals surface area contributed by atoms with Gasteiger partial charge in [-0.15, -0.1) is 0 Å². The zero-order valence-electron chi connectivity index (χ0n) is 12.1. The first-order chi connectivity index (χ1) is 10.9. The number of primary amides is 1. The molecule has 0 radical (unpaired) electrons. The van der Waals surface area contributed by atoms with Crippen molar-refractivity contribution in [3.05, 3.63) is 47.4 Å². The van der Waals surface area contributed by atoms with E-state index < -0.39 is 24.1 Å². The van der Waals surface area contributed by atoms with E-state index in [1.165, 1.54) is 12.4 Å². The standard InChI is InChI=1S/C16H14F3N3O/c17-16(18,19)14-11(8-13(20)23)12-5-1-2-7-22(12)15(14)10-4-3-6-21-9-10/h1,3-6,9H,2,7-8H2,(H2,20,23). The van der Waals surface area contributed by atoms with E-state index in [0.717, 1.165) is 0 Å². The SMILES string of the molecule is NC(=O)Cc1c(C(F)(F)F)c(-c2cccnc2)n2c1C=CCC2. The van der Waals surface area contributed by atoms with Crippen molar-refractivity contribution in [2.24, 2.45) is 5.73 Å². The molecule has 1 aliphatic heterocycles. The number of alkyl halides is 3. The van der Waals surface area contributed by atoms with Crippen LogP contribution >= 0.6 is 0 Å². The molecule has 0 unspecified atom stereocenters. The fourth-order valence-corrected chi connectivity index (χ4v) is 2.97. The molecular formula is C16H14F3N3O. The number of hydrogen-bond donors (Lipinski definition) is 1. The largest absolute Gasteiger partial charge is 0.418 e. The highest BCUT2D eigenvalue weighted by atomic mass is 19.4. The van der Waals surface area contributed by atoms with Crippen molar-refractivity contribution in [1.29, 1.82) is 0 Å². The molecule has 0 atom stereocenters. The topological polar surface area (TPSA) is 60.9 Å². The number of rotatable bonds is 3. The van der Waals surface area contributed by atoms with Crippen molar-refractivity contribution >= 4 is 12.0 Å². The van der Waals surface area contributed by atoms with Gasteiger partial charge in [0.15, 0.2) is 0 Å². The Labute approximate surface area is 130 Å². The van der Waals surface area contributed by atoms with Gasteiger partial charge in [-0.05, 0) is 30.2 Å². The van der Waals surface area contributed by atoms with Crippen LogP contribution in [0, 0.1) is 0 Å². The van der Waals surface area contributed by atoms with Crippen LogP contribution in [0.2, 0.25) is 0 Å². The third-order valence-electron chi connectivity index (χ3n) is 3.77. The smallest absolute Gasteiger partial charge is 0.369 e. The van der Waals surface area contributed by atoms with Crippen LogP contribution in [-0.2, 0) is 23.9 Å². The lowest BCUT2D eigenvalue weighted by molar-refractivity contribution is -0.137. The van der Waals surface area contributed by atoms with Crippen LogP contribution in [0.4, 0.5) is 13.2 Å². The van der Waals surface area contributed by atoms with Crippen molar-refractivity contribution < 1.29 is 18.0 Å². The number of fused-ring (bicyclic) bond motifs is 1. The molecule has 0 aromatic carbocycles. The number of amides is 1. The zero-order valence-corrected chi connectivity index (χ0v) is 12.1. The van der Waals surface area contributed by atoms with E-state index in [1.54, 1.807) is 28.9 Å². The summed E-state index contributed by atoms with van der Waals surface area (Å²) in [6.45, 7) is 0.415. The van der Waals surface area contributed by atoms with Gasteiger partial charge in [0.05, 0.1) is 17.7 Å². The second-order valence-corrected chi connectivity index (χ2v) is 5.31. The Balaban J connectivity index is 2.36. The Bertz CT molecular complexity index is 776. The van der Waals surface area contributed by atoms with Crippen molar-refractivity contribution in [2.75, 3.05) is 0 Å². The minimum Gasteiger partial charge on any atom is -0.369 e. The molecule has 1 amide bonds. The number of hydrogen-bond acceptors (Lipinski definition) is 2. The summed E-state index contributed by atoms with van der Waals surface area (Å²) in [5.74, 6) is -0.791. The second-order valence-electron chi connectivity index (χ2n) is 5.31.